The number of alkyl halides is 2. The zero-order valence-corrected chi connectivity index (χ0v) is 24.8. The molecule has 2 aromatic rings. The van der Waals surface area contributed by atoms with Crippen LogP contribution < -0.4 is 5.32 Å². The van der Waals surface area contributed by atoms with Gasteiger partial charge >= 0.3 is 47.9 Å². The number of hydrogen-bond acceptors (Lipinski definition) is 13. The minimum absolute atomic E-state index is 0.134. The Morgan fingerprint density at radius 1 is 1.17 bits per heavy atom. The lowest BCUT2D eigenvalue weighted by Crippen LogP contribution is -2.50. The fraction of sp³-hybridized carbons (Fsp3) is 0.526. The standard InChI is InChI=1S/C19H23BF2N4O13P3/c1-9(27)25-15-12-5-6-26(16(12)24-8-23-15)17-18(4,37-11(3)29)14(35-10(2)28)13(36-17)7-34-42(20)38-40(30,31)19(21,22)41(32,33)39-42/h5-6,8,13-14,17H,7H2,1-4H3,(H,30,31)(H,32,33)(H,23,24,25,27)/q+1/t13-,14+,17-,18?/m1/s1. The fourth-order valence-electron chi connectivity index (χ4n) is 4.37. The van der Waals surface area contributed by atoms with Gasteiger partial charge in [0.25, 0.3) is 0 Å². The summed E-state index contributed by atoms with van der Waals surface area (Å²) < 4.78 is 84.0. The Labute approximate surface area is 237 Å². The molecule has 2 aromatic heterocycles. The zero-order chi connectivity index (χ0) is 31.5. The molecular weight excluding hydrogens is 634 g/mol. The van der Waals surface area contributed by atoms with E-state index in [1.54, 1.807) is 0 Å². The first-order valence-corrected chi connectivity index (χ1v) is 16.4. The Bertz CT molecular complexity index is 1520. The van der Waals surface area contributed by atoms with E-state index in [4.69, 9.17) is 26.3 Å². The van der Waals surface area contributed by atoms with Gasteiger partial charge in [-0.05, 0) is 13.0 Å². The number of rotatable bonds is 7. The van der Waals surface area contributed by atoms with E-state index in [1.807, 2.05) is 0 Å². The van der Waals surface area contributed by atoms with Gasteiger partial charge in [0.15, 0.2) is 17.9 Å². The van der Waals surface area contributed by atoms with Crippen LogP contribution >= 0.6 is 23.0 Å². The van der Waals surface area contributed by atoms with Gasteiger partial charge in [-0.2, -0.15) is 13.3 Å². The molecule has 228 valence electrons. The van der Waals surface area contributed by atoms with Gasteiger partial charge in [0.2, 0.25) is 5.91 Å². The van der Waals surface area contributed by atoms with E-state index in [9.17, 15) is 42.1 Å². The van der Waals surface area contributed by atoms with Gasteiger partial charge in [0, 0.05) is 27.0 Å². The van der Waals surface area contributed by atoms with Crippen molar-refractivity contribution < 1.29 is 69.4 Å². The van der Waals surface area contributed by atoms with E-state index in [0.29, 0.717) is 5.39 Å². The monoisotopic (exact) mass is 657 g/mol. The number of carbonyl (C=O) groups excluding carboxylic acids is 3. The summed E-state index contributed by atoms with van der Waals surface area (Å²) in [6.45, 7) is 3.75. The minimum atomic E-state index is -6.19. The molecule has 0 spiro atoms. The molecule has 0 bridgehead atoms. The average Bonchev–Trinajstić information content (AvgIpc) is 3.35. The van der Waals surface area contributed by atoms with Crippen molar-refractivity contribution in [3.63, 3.8) is 0 Å². The third kappa shape index (κ3) is 5.75. The molecule has 3 unspecified atom stereocenters. The first kappa shape index (κ1) is 32.5. The summed E-state index contributed by atoms with van der Waals surface area (Å²) >= 11 is 0. The normalized spacial score (nSPS) is 36.0. The van der Waals surface area contributed by atoms with Crippen molar-refractivity contribution in [2.75, 3.05) is 11.9 Å². The van der Waals surface area contributed by atoms with Gasteiger partial charge < -0.3 is 33.9 Å². The van der Waals surface area contributed by atoms with Crippen molar-refractivity contribution in [2.24, 2.45) is 0 Å². The van der Waals surface area contributed by atoms with Gasteiger partial charge in [-0.15, -0.1) is 8.62 Å². The summed E-state index contributed by atoms with van der Waals surface area (Å²) in [4.78, 5) is 63.3. The Morgan fingerprint density at radius 3 is 2.33 bits per heavy atom. The van der Waals surface area contributed by atoms with Crippen LogP contribution in [0.4, 0.5) is 14.6 Å². The van der Waals surface area contributed by atoms with Gasteiger partial charge in [-0.1, -0.05) is 0 Å². The highest BCUT2D eigenvalue weighted by Crippen LogP contribution is 2.90. The molecule has 2 radical (unpaired) electrons. The number of amides is 1. The molecule has 1 amide bonds. The largest absolute Gasteiger partial charge is 0.490 e. The third-order valence-electron chi connectivity index (χ3n) is 5.96. The van der Waals surface area contributed by atoms with Crippen LogP contribution in [0.2, 0.25) is 0 Å². The summed E-state index contributed by atoms with van der Waals surface area (Å²) in [7, 11) is -11.7. The number of nitrogens with one attached hydrogen (secondary N) is 1. The zero-order valence-electron chi connectivity index (χ0n) is 22.1. The molecule has 3 N–H and O–H groups in total. The molecule has 42 heavy (non-hydrogen) atoms. The predicted octanol–water partition coefficient (Wildman–Crippen LogP) is 2.37. The van der Waals surface area contributed by atoms with Crippen LogP contribution in [0.3, 0.4) is 0 Å². The van der Waals surface area contributed by atoms with E-state index in [-0.39, 0.29) is 11.5 Å². The Hall–Kier alpha value is -2.40. The molecule has 0 aromatic carbocycles. The van der Waals surface area contributed by atoms with Gasteiger partial charge in [0.05, 0.1) is 5.39 Å². The number of nitrogens with zero attached hydrogens (tertiary/aromatic N) is 3. The average molecular weight is 657 g/mol. The summed E-state index contributed by atoms with van der Waals surface area (Å²) in [6, 6.07) is 1.50. The highest BCUT2D eigenvalue weighted by Gasteiger charge is 2.78. The van der Waals surface area contributed by atoms with Crippen LogP contribution in [-0.4, -0.2) is 79.6 Å². The van der Waals surface area contributed by atoms with Crippen LogP contribution in [0, 0.1) is 0 Å². The van der Waals surface area contributed by atoms with Gasteiger partial charge in [-0.25, -0.2) is 19.1 Å². The molecule has 0 aliphatic carbocycles. The van der Waals surface area contributed by atoms with Crippen LogP contribution in [0.5, 0.6) is 0 Å². The smallest absolute Gasteiger partial charge is 0.455 e. The van der Waals surface area contributed by atoms with E-state index < -0.39 is 76.9 Å². The quantitative estimate of drug-likeness (QED) is 0.221. The van der Waals surface area contributed by atoms with E-state index in [1.165, 1.54) is 30.7 Å². The summed E-state index contributed by atoms with van der Waals surface area (Å²) in [5.41, 5.74) is -1.71. The van der Waals surface area contributed by atoms with Crippen molar-refractivity contribution in [1.82, 2.24) is 14.5 Å². The minimum Gasteiger partial charge on any atom is -0.455 e. The van der Waals surface area contributed by atoms with Crippen LogP contribution in [0.25, 0.3) is 11.0 Å². The number of ether oxygens (including phenoxy) is 3. The number of halogens is 2. The number of aromatic nitrogens is 3. The molecule has 2 fully saturated rings. The summed E-state index contributed by atoms with van der Waals surface area (Å²) in [6.07, 6.45) is -1.83. The molecule has 2 aliphatic heterocycles. The second-order valence-corrected chi connectivity index (χ2v) is 15.4. The highest BCUT2D eigenvalue weighted by atomic mass is 31.3. The second kappa shape index (κ2) is 11.0. The van der Waals surface area contributed by atoms with E-state index >= 15 is 0 Å². The number of anilines is 1. The number of carbonyl (C=O) groups is 3. The van der Waals surface area contributed by atoms with Crippen molar-refractivity contribution >= 4 is 65.3 Å². The lowest BCUT2D eigenvalue weighted by atomic mass is 9.95. The molecule has 4 heterocycles. The number of fused-ring (bicyclic) bond motifs is 1. The molecular formula is C19H23BF2N4O13P3+. The number of esters is 2. The lowest BCUT2D eigenvalue weighted by Gasteiger charge is -2.35. The molecule has 23 heteroatoms. The van der Waals surface area contributed by atoms with Crippen molar-refractivity contribution in [3.8, 4) is 0 Å². The third-order valence-corrected chi connectivity index (χ3v) is 12.9. The molecule has 17 nitrogen and oxygen atoms in total. The molecule has 0 saturated carbocycles. The van der Waals surface area contributed by atoms with Crippen LogP contribution in [-0.2, 0) is 50.9 Å². The summed E-state index contributed by atoms with van der Waals surface area (Å²) in [5.74, 6) is -2.03. The molecule has 6 atom stereocenters. The Balaban J connectivity index is 1.73. The highest BCUT2D eigenvalue weighted by molar-refractivity contribution is 7.97. The Kier molecular flexibility index (Phi) is 8.48. The SMILES string of the molecule is [B][P+]1(OC[C@H]2O[C@@H](n3ccc4c(NC(C)=O)ncnc43)C(C)(OC(C)=O)[C@H]2OC(C)=O)OP(=O)(O)C(F)(F)P(=O)(O)O1. The van der Waals surface area contributed by atoms with Crippen molar-refractivity contribution in [2.45, 2.75) is 57.1 Å². The van der Waals surface area contributed by atoms with Crippen LogP contribution in [0.1, 0.15) is 33.9 Å². The predicted molar refractivity (Wildman–Crippen MR) is 137 cm³/mol. The maximum absolute atomic E-state index is 14.0. The second-order valence-electron chi connectivity index (χ2n) is 9.25. The van der Waals surface area contributed by atoms with Gasteiger partial charge in [-0.3, -0.25) is 14.4 Å². The molecule has 2 aliphatic rings. The Morgan fingerprint density at radius 2 is 1.79 bits per heavy atom. The van der Waals surface area contributed by atoms with Gasteiger partial charge in [0.1, 0.15) is 30.5 Å². The van der Waals surface area contributed by atoms with E-state index in [0.717, 1.165) is 20.2 Å². The first-order valence-electron chi connectivity index (χ1n) is 11.6. The number of hydrogen-bond donors (Lipinski definition) is 3. The van der Waals surface area contributed by atoms with Crippen LogP contribution in [0.15, 0.2) is 18.6 Å². The van der Waals surface area contributed by atoms with E-state index in [2.05, 4.69) is 23.9 Å². The maximum Gasteiger partial charge on any atom is 0.490 e. The fourth-order valence-corrected chi connectivity index (χ4v) is 10.7. The van der Waals surface area contributed by atoms with Crippen molar-refractivity contribution in [3.05, 3.63) is 18.6 Å². The topological polar surface area (TPSA) is 224 Å². The molecule has 4 rings (SSSR count). The lowest BCUT2D eigenvalue weighted by molar-refractivity contribution is -0.184. The maximum atomic E-state index is 14.0. The first-order chi connectivity index (χ1) is 19.2. The summed E-state index contributed by atoms with van der Waals surface area (Å²) in [5, 5.41) is -2.34. The van der Waals surface area contributed by atoms with Crippen molar-refractivity contribution in [1.29, 1.82) is 0 Å². The molecule has 2 saturated heterocycles.